The third-order valence-electron chi connectivity index (χ3n) is 3.46. The SMILES string of the molecule is CC(C)Cc1nnc(NC(=O)c2csc(NC(=O)Cc3ccccc3)n2)s1. The number of carbonyl (C=O) groups is 2. The first-order valence-electron chi connectivity index (χ1n) is 8.42. The minimum atomic E-state index is -0.373. The standard InChI is InChI=1S/C18H19N5O2S2/c1-11(2)8-15-22-23-18(27-15)21-16(25)13-10-26-17(19-13)20-14(24)9-12-6-4-3-5-7-12/h3-7,10-11H,8-9H2,1-2H3,(H,19,20,24)(H,21,23,25). The van der Waals surface area contributed by atoms with Crippen molar-refractivity contribution in [3.05, 3.63) is 52.0 Å². The Kier molecular flexibility index (Phi) is 6.25. The van der Waals surface area contributed by atoms with Crippen molar-refractivity contribution in [2.75, 3.05) is 10.6 Å². The van der Waals surface area contributed by atoms with E-state index in [1.54, 1.807) is 5.38 Å². The Labute approximate surface area is 164 Å². The van der Waals surface area contributed by atoms with Gasteiger partial charge in [0.25, 0.3) is 5.91 Å². The van der Waals surface area contributed by atoms with Crippen LogP contribution in [0.25, 0.3) is 0 Å². The summed E-state index contributed by atoms with van der Waals surface area (Å²) in [5, 5.41) is 16.8. The molecular weight excluding hydrogens is 382 g/mol. The van der Waals surface area contributed by atoms with Crippen LogP contribution in [0.1, 0.15) is 34.9 Å². The molecule has 9 heteroatoms. The molecule has 0 bridgehead atoms. The lowest BCUT2D eigenvalue weighted by molar-refractivity contribution is -0.115. The number of carbonyl (C=O) groups excluding carboxylic acids is 2. The van der Waals surface area contributed by atoms with E-state index in [4.69, 9.17) is 0 Å². The molecule has 0 spiro atoms. The molecule has 0 aliphatic carbocycles. The maximum Gasteiger partial charge on any atom is 0.277 e. The van der Waals surface area contributed by atoms with E-state index in [1.165, 1.54) is 22.7 Å². The number of amides is 2. The van der Waals surface area contributed by atoms with Crippen molar-refractivity contribution in [1.82, 2.24) is 15.2 Å². The lowest BCUT2D eigenvalue weighted by atomic mass is 10.1. The van der Waals surface area contributed by atoms with Crippen molar-refractivity contribution < 1.29 is 9.59 Å². The molecule has 0 unspecified atom stereocenters. The fraction of sp³-hybridized carbons (Fsp3) is 0.278. The van der Waals surface area contributed by atoms with Crippen molar-refractivity contribution in [3.63, 3.8) is 0 Å². The fourth-order valence-corrected chi connectivity index (χ4v) is 3.93. The summed E-state index contributed by atoms with van der Waals surface area (Å²) in [6, 6.07) is 9.44. The van der Waals surface area contributed by atoms with Crippen molar-refractivity contribution in [1.29, 1.82) is 0 Å². The Morgan fingerprint density at radius 3 is 2.59 bits per heavy atom. The maximum atomic E-state index is 12.3. The van der Waals surface area contributed by atoms with Gasteiger partial charge in [0, 0.05) is 11.8 Å². The van der Waals surface area contributed by atoms with Crippen LogP contribution in [0.2, 0.25) is 0 Å². The molecule has 3 aromatic rings. The lowest BCUT2D eigenvalue weighted by Gasteiger charge is -2.01. The van der Waals surface area contributed by atoms with Crippen LogP contribution < -0.4 is 10.6 Å². The number of rotatable bonds is 7. The fourth-order valence-electron chi connectivity index (χ4n) is 2.28. The number of benzene rings is 1. The van der Waals surface area contributed by atoms with Gasteiger partial charge in [0.1, 0.15) is 10.7 Å². The Morgan fingerprint density at radius 2 is 1.85 bits per heavy atom. The number of nitrogens with zero attached hydrogens (tertiary/aromatic N) is 3. The summed E-state index contributed by atoms with van der Waals surface area (Å²) in [4.78, 5) is 28.6. The normalized spacial score (nSPS) is 10.8. The molecule has 7 nitrogen and oxygen atoms in total. The first kappa shape index (κ1) is 19.1. The molecule has 0 radical (unpaired) electrons. The van der Waals surface area contributed by atoms with Crippen molar-refractivity contribution >= 4 is 44.8 Å². The van der Waals surface area contributed by atoms with Crippen LogP contribution in [0.15, 0.2) is 35.7 Å². The highest BCUT2D eigenvalue weighted by Gasteiger charge is 2.15. The van der Waals surface area contributed by atoms with E-state index in [9.17, 15) is 9.59 Å². The molecule has 2 aromatic heterocycles. The number of hydrogen-bond acceptors (Lipinski definition) is 7. The molecule has 140 valence electrons. The van der Waals surface area contributed by atoms with Crippen molar-refractivity contribution in [2.45, 2.75) is 26.7 Å². The predicted octanol–water partition coefficient (Wildman–Crippen LogP) is 3.63. The van der Waals surface area contributed by atoms with Crippen LogP contribution in [0.3, 0.4) is 0 Å². The molecule has 1 aromatic carbocycles. The minimum absolute atomic E-state index is 0.176. The Morgan fingerprint density at radius 1 is 1.07 bits per heavy atom. The highest BCUT2D eigenvalue weighted by molar-refractivity contribution is 7.15. The zero-order valence-corrected chi connectivity index (χ0v) is 16.6. The van der Waals surface area contributed by atoms with E-state index in [1.807, 2.05) is 30.3 Å². The second kappa shape index (κ2) is 8.83. The monoisotopic (exact) mass is 401 g/mol. The summed E-state index contributed by atoms with van der Waals surface area (Å²) in [6.07, 6.45) is 1.08. The van der Waals surface area contributed by atoms with E-state index in [-0.39, 0.29) is 23.9 Å². The predicted molar refractivity (Wildman–Crippen MR) is 107 cm³/mol. The van der Waals surface area contributed by atoms with E-state index in [0.717, 1.165) is 17.0 Å². The van der Waals surface area contributed by atoms with Gasteiger partial charge in [-0.15, -0.1) is 21.5 Å². The van der Waals surface area contributed by atoms with Crippen molar-refractivity contribution in [3.8, 4) is 0 Å². The van der Waals surface area contributed by atoms with Crippen LogP contribution in [0.4, 0.5) is 10.3 Å². The van der Waals surface area contributed by atoms with Gasteiger partial charge in [0.05, 0.1) is 6.42 Å². The first-order chi connectivity index (χ1) is 13.0. The van der Waals surface area contributed by atoms with Crippen molar-refractivity contribution in [2.24, 2.45) is 5.92 Å². The average molecular weight is 402 g/mol. The quantitative estimate of drug-likeness (QED) is 0.630. The van der Waals surface area contributed by atoms with Gasteiger partial charge in [0.2, 0.25) is 11.0 Å². The minimum Gasteiger partial charge on any atom is -0.302 e. The Hall–Kier alpha value is -2.65. The van der Waals surface area contributed by atoms with Crippen LogP contribution in [-0.2, 0) is 17.6 Å². The summed E-state index contributed by atoms with van der Waals surface area (Å²) in [5.41, 5.74) is 1.15. The summed E-state index contributed by atoms with van der Waals surface area (Å²) < 4.78 is 0. The third kappa shape index (κ3) is 5.66. The van der Waals surface area contributed by atoms with Crippen LogP contribution >= 0.6 is 22.7 Å². The second-order valence-corrected chi connectivity index (χ2v) is 8.22. The molecule has 2 heterocycles. The number of nitrogens with one attached hydrogen (secondary N) is 2. The maximum absolute atomic E-state index is 12.3. The summed E-state index contributed by atoms with van der Waals surface area (Å²) in [5.74, 6) is -0.0749. The second-order valence-electron chi connectivity index (χ2n) is 6.30. The third-order valence-corrected chi connectivity index (χ3v) is 5.08. The molecule has 0 saturated heterocycles. The van der Waals surface area contributed by atoms with Crippen LogP contribution in [0, 0.1) is 5.92 Å². The van der Waals surface area contributed by atoms with Gasteiger partial charge in [-0.3, -0.25) is 14.9 Å². The molecule has 0 aliphatic rings. The first-order valence-corrected chi connectivity index (χ1v) is 10.1. The van der Waals surface area contributed by atoms with E-state index in [2.05, 4.69) is 39.7 Å². The van der Waals surface area contributed by atoms with Crippen LogP contribution in [0.5, 0.6) is 0 Å². The highest BCUT2D eigenvalue weighted by atomic mass is 32.1. The molecule has 27 heavy (non-hydrogen) atoms. The molecule has 0 atom stereocenters. The molecular formula is C18H19N5O2S2. The zero-order valence-electron chi connectivity index (χ0n) is 14.9. The molecule has 2 N–H and O–H groups in total. The zero-order chi connectivity index (χ0) is 19.2. The summed E-state index contributed by atoms with van der Waals surface area (Å²) in [6.45, 7) is 4.20. The summed E-state index contributed by atoms with van der Waals surface area (Å²) >= 11 is 2.56. The van der Waals surface area contributed by atoms with E-state index in [0.29, 0.717) is 16.2 Å². The van der Waals surface area contributed by atoms with Gasteiger partial charge in [0.15, 0.2) is 5.13 Å². The van der Waals surface area contributed by atoms with Gasteiger partial charge in [-0.05, 0) is 11.5 Å². The topological polar surface area (TPSA) is 96.9 Å². The molecule has 0 saturated carbocycles. The van der Waals surface area contributed by atoms with Gasteiger partial charge in [-0.25, -0.2) is 4.98 Å². The largest absolute Gasteiger partial charge is 0.302 e. The number of hydrogen-bond donors (Lipinski definition) is 2. The summed E-state index contributed by atoms with van der Waals surface area (Å²) in [7, 11) is 0. The number of aromatic nitrogens is 3. The average Bonchev–Trinajstić information content (AvgIpc) is 3.25. The van der Waals surface area contributed by atoms with Gasteiger partial charge in [-0.1, -0.05) is 55.5 Å². The number of thiazole rings is 1. The van der Waals surface area contributed by atoms with Crippen LogP contribution in [-0.4, -0.2) is 27.0 Å². The van der Waals surface area contributed by atoms with Gasteiger partial charge >= 0.3 is 0 Å². The van der Waals surface area contributed by atoms with E-state index >= 15 is 0 Å². The Balaban J connectivity index is 1.55. The number of anilines is 2. The molecule has 3 rings (SSSR count). The molecule has 0 aliphatic heterocycles. The molecule has 2 amide bonds. The molecule has 0 fully saturated rings. The highest BCUT2D eigenvalue weighted by Crippen LogP contribution is 2.21. The Bertz CT molecular complexity index is 921. The smallest absolute Gasteiger partial charge is 0.277 e. The lowest BCUT2D eigenvalue weighted by Crippen LogP contribution is -2.15. The van der Waals surface area contributed by atoms with Gasteiger partial charge < -0.3 is 5.32 Å². The van der Waals surface area contributed by atoms with E-state index < -0.39 is 0 Å². The van der Waals surface area contributed by atoms with Gasteiger partial charge in [-0.2, -0.15) is 0 Å².